The van der Waals surface area contributed by atoms with Crippen LogP contribution in [0.4, 0.5) is 11.4 Å². The summed E-state index contributed by atoms with van der Waals surface area (Å²) >= 11 is 11.9. The number of anilines is 2. The van der Waals surface area contributed by atoms with Crippen molar-refractivity contribution in [2.24, 2.45) is 0 Å². The molecule has 4 aromatic rings. The maximum atomic E-state index is 13.3. The summed E-state index contributed by atoms with van der Waals surface area (Å²) in [6.07, 6.45) is 0. The van der Waals surface area contributed by atoms with Crippen LogP contribution in [-0.2, 0) is 9.84 Å². The monoisotopic (exact) mass is 581 g/mol. The van der Waals surface area contributed by atoms with E-state index in [-0.39, 0.29) is 5.91 Å². The Morgan fingerprint density at radius 3 is 2.21 bits per heavy atom. The number of sulfone groups is 1. The topological polar surface area (TPSA) is 87.7 Å². The Morgan fingerprint density at radius 2 is 1.54 bits per heavy atom. The van der Waals surface area contributed by atoms with E-state index in [1.165, 1.54) is 6.07 Å². The van der Waals surface area contributed by atoms with Gasteiger partial charge < -0.3 is 20.3 Å². The smallest absolute Gasteiger partial charge is 0.255 e. The number of carbonyl (C=O) groups excluding carboxylic acids is 1. The fourth-order valence-electron chi connectivity index (χ4n) is 4.31. The molecule has 1 fully saturated rings. The van der Waals surface area contributed by atoms with E-state index in [9.17, 15) is 13.2 Å². The van der Waals surface area contributed by atoms with Crippen LogP contribution in [0.1, 0.15) is 10.4 Å². The van der Waals surface area contributed by atoms with Crippen molar-refractivity contribution in [2.75, 3.05) is 29.9 Å². The minimum Gasteiger partial charge on any atom is -0.457 e. The summed E-state index contributed by atoms with van der Waals surface area (Å²) in [6.45, 7) is 1.59. The summed E-state index contributed by atoms with van der Waals surface area (Å²) in [5, 5.41) is 5.99. The zero-order valence-corrected chi connectivity index (χ0v) is 23.0. The summed E-state index contributed by atoms with van der Waals surface area (Å²) in [6, 6.07) is 27.5. The third kappa shape index (κ3) is 6.20. The Balaban J connectivity index is 1.25. The Labute approximate surface area is 237 Å². The Kier molecular flexibility index (Phi) is 8.09. The Bertz CT molecular complexity index is 1560. The first-order valence-corrected chi connectivity index (χ1v) is 14.5. The number of hydrogen-bond acceptors (Lipinski definition) is 6. The molecule has 0 aromatic heterocycles. The van der Waals surface area contributed by atoms with Crippen LogP contribution < -0.4 is 20.3 Å². The highest BCUT2D eigenvalue weighted by molar-refractivity contribution is 7.92. The summed E-state index contributed by atoms with van der Waals surface area (Å²) in [5.74, 6) is 0.879. The van der Waals surface area contributed by atoms with Gasteiger partial charge in [0.05, 0.1) is 14.9 Å². The number of benzene rings is 4. The second-order valence-electron chi connectivity index (χ2n) is 8.91. The zero-order chi connectivity index (χ0) is 27.4. The van der Waals surface area contributed by atoms with Crippen molar-refractivity contribution < 1.29 is 17.9 Å². The molecule has 39 heavy (non-hydrogen) atoms. The number of nitrogens with one attached hydrogen (secondary N) is 2. The third-order valence-corrected chi connectivity index (χ3v) is 9.13. The first-order chi connectivity index (χ1) is 18.8. The predicted octanol–water partition coefficient (Wildman–Crippen LogP) is 6.25. The number of hydrogen-bond donors (Lipinski definition) is 2. The molecule has 1 saturated heterocycles. The van der Waals surface area contributed by atoms with Crippen LogP contribution in [0.25, 0.3) is 0 Å². The first kappa shape index (κ1) is 27.0. The lowest BCUT2D eigenvalue weighted by molar-refractivity contribution is 0.102. The van der Waals surface area contributed by atoms with Gasteiger partial charge in [-0.2, -0.15) is 0 Å². The van der Waals surface area contributed by atoms with Crippen molar-refractivity contribution in [1.82, 2.24) is 5.32 Å². The molecular weight excluding hydrogens is 557 g/mol. The fourth-order valence-corrected chi connectivity index (χ4v) is 6.36. The number of ether oxygens (including phenoxy) is 1. The number of rotatable bonds is 7. The van der Waals surface area contributed by atoms with Crippen LogP contribution in [0.3, 0.4) is 0 Å². The SMILES string of the molecule is O=C(Nc1ccc(Oc2ccc(N3CCNCC3S(=O)(=O)c3ccccc3)cc2)cc1)c1ccc(Cl)c(Cl)c1. The van der Waals surface area contributed by atoms with Gasteiger partial charge in [-0.15, -0.1) is 0 Å². The standard InChI is InChI=1S/C29H25Cl2N3O4S/c30-26-15-6-20(18-27(26)31)29(35)33-21-7-11-23(12-8-21)38-24-13-9-22(10-14-24)34-17-16-32-19-28(34)39(36,37)25-4-2-1-3-5-25/h1-15,18,28,32H,16-17,19H2,(H,33,35). The average Bonchev–Trinajstić information content (AvgIpc) is 2.96. The largest absolute Gasteiger partial charge is 0.457 e. The second-order valence-corrected chi connectivity index (χ2v) is 11.8. The summed E-state index contributed by atoms with van der Waals surface area (Å²) < 4.78 is 32.6. The van der Waals surface area contributed by atoms with Crippen molar-refractivity contribution >= 4 is 50.3 Å². The first-order valence-electron chi connectivity index (χ1n) is 12.2. The van der Waals surface area contributed by atoms with Gasteiger partial charge in [-0.1, -0.05) is 41.4 Å². The van der Waals surface area contributed by atoms with Crippen molar-refractivity contribution in [3.8, 4) is 11.5 Å². The summed E-state index contributed by atoms with van der Waals surface area (Å²) in [7, 11) is -3.56. The van der Waals surface area contributed by atoms with Crippen LogP contribution in [0.2, 0.25) is 10.0 Å². The molecular formula is C29H25Cl2N3O4S. The maximum absolute atomic E-state index is 13.3. The minimum atomic E-state index is -3.56. The van der Waals surface area contributed by atoms with E-state index in [1.54, 1.807) is 66.7 Å². The molecule has 7 nitrogen and oxygen atoms in total. The van der Waals surface area contributed by atoms with Crippen LogP contribution in [0.5, 0.6) is 11.5 Å². The van der Waals surface area contributed by atoms with Gasteiger partial charge in [0.15, 0.2) is 0 Å². The molecule has 0 radical (unpaired) electrons. The van der Waals surface area contributed by atoms with Crippen LogP contribution in [0.15, 0.2) is 102 Å². The van der Waals surface area contributed by atoms with E-state index in [2.05, 4.69) is 10.6 Å². The third-order valence-electron chi connectivity index (χ3n) is 6.32. The molecule has 1 amide bonds. The summed E-state index contributed by atoms with van der Waals surface area (Å²) in [4.78, 5) is 14.7. The van der Waals surface area contributed by atoms with Crippen molar-refractivity contribution in [2.45, 2.75) is 10.3 Å². The molecule has 0 bridgehead atoms. The molecule has 1 atom stereocenters. The number of nitrogens with zero attached hydrogens (tertiary/aromatic N) is 1. The van der Waals surface area contributed by atoms with Gasteiger partial charge in [0.1, 0.15) is 16.9 Å². The van der Waals surface area contributed by atoms with Crippen molar-refractivity contribution in [3.63, 3.8) is 0 Å². The molecule has 0 saturated carbocycles. The van der Waals surface area contributed by atoms with E-state index >= 15 is 0 Å². The molecule has 200 valence electrons. The summed E-state index contributed by atoms with van der Waals surface area (Å²) in [5.41, 5.74) is 1.79. The molecule has 0 spiro atoms. The Hall–Kier alpha value is -3.56. The number of carbonyl (C=O) groups is 1. The number of amides is 1. The van der Waals surface area contributed by atoms with E-state index in [0.717, 1.165) is 5.69 Å². The van der Waals surface area contributed by atoms with Crippen LogP contribution in [-0.4, -0.2) is 39.3 Å². The van der Waals surface area contributed by atoms with Gasteiger partial charge in [0, 0.05) is 36.6 Å². The Morgan fingerprint density at radius 1 is 0.872 bits per heavy atom. The average molecular weight is 583 g/mol. The molecule has 1 heterocycles. The quantitative estimate of drug-likeness (QED) is 0.268. The van der Waals surface area contributed by atoms with Crippen LogP contribution >= 0.6 is 23.2 Å². The lowest BCUT2D eigenvalue weighted by Crippen LogP contribution is -2.55. The molecule has 5 rings (SSSR count). The lowest BCUT2D eigenvalue weighted by Gasteiger charge is -2.37. The molecule has 4 aromatic carbocycles. The highest BCUT2D eigenvalue weighted by Gasteiger charge is 2.35. The van der Waals surface area contributed by atoms with E-state index in [4.69, 9.17) is 27.9 Å². The second kappa shape index (κ2) is 11.7. The van der Waals surface area contributed by atoms with E-state index in [0.29, 0.717) is 57.3 Å². The number of halogens is 2. The maximum Gasteiger partial charge on any atom is 0.255 e. The van der Waals surface area contributed by atoms with Crippen LogP contribution in [0, 0.1) is 0 Å². The van der Waals surface area contributed by atoms with Gasteiger partial charge in [-0.05, 0) is 78.9 Å². The highest BCUT2D eigenvalue weighted by atomic mass is 35.5. The zero-order valence-electron chi connectivity index (χ0n) is 20.7. The van der Waals surface area contributed by atoms with Crippen molar-refractivity contribution in [1.29, 1.82) is 0 Å². The minimum absolute atomic E-state index is 0.306. The van der Waals surface area contributed by atoms with E-state index in [1.807, 2.05) is 29.2 Å². The molecule has 1 unspecified atom stereocenters. The molecule has 10 heteroatoms. The molecule has 1 aliphatic heterocycles. The van der Waals surface area contributed by atoms with Crippen molar-refractivity contribution in [3.05, 3.63) is 113 Å². The fraction of sp³-hybridized carbons (Fsp3) is 0.138. The number of piperazine rings is 1. The molecule has 1 aliphatic rings. The highest BCUT2D eigenvalue weighted by Crippen LogP contribution is 2.30. The van der Waals surface area contributed by atoms with Gasteiger partial charge in [-0.3, -0.25) is 4.79 Å². The van der Waals surface area contributed by atoms with Gasteiger partial charge in [0.25, 0.3) is 5.91 Å². The van der Waals surface area contributed by atoms with Gasteiger partial charge in [0.2, 0.25) is 9.84 Å². The van der Waals surface area contributed by atoms with Gasteiger partial charge >= 0.3 is 0 Å². The normalized spacial score (nSPS) is 15.5. The van der Waals surface area contributed by atoms with Gasteiger partial charge in [-0.25, -0.2) is 8.42 Å². The predicted molar refractivity (Wildman–Crippen MR) is 155 cm³/mol. The molecule has 2 N–H and O–H groups in total. The lowest BCUT2D eigenvalue weighted by atomic mass is 10.2. The molecule has 0 aliphatic carbocycles. The van der Waals surface area contributed by atoms with E-state index < -0.39 is 15.2 Å².